The van der Waals surface area contributed by atoms with E-state index < -0.39 is 0 Å². The average Bonchev–Trinajstić information content (AvgIpc) is 3.01. The van der Waals surface area contributed by atoms with Gasteiger partial charge in [0.1, 0.15) is 0 Å². The van der Waals surface area contributed by atoms with Crippen LogP contribution in [-0.2, 0) is 4.74 Å². The topological polar surface area (TPSA) is 60.5 Å². The molecule has 2 aliphatic heterocycles. The lowest BCUT2D eigenvalue weighted by atomic mass is 9.87. The summed E-state index contributed by atoms with van der Waals surface area (Å²) in [6.07, 6.45) is 4.19. The number of rotatable bonds is 3. The van der Waals surface area contributed by atoms with Gasteiger partial charge in [0.15, 0.2) is 0 Å². The SMILES string of the molecule is Cc1cccc(-n2c(C)cc(C(=O)N3CCCC(C4CC(N)CCO4)C3)c2C)c1. The minimum Gasteiger partial charge on any atom is -0.378 e. The van der Waals surface area contributed by atoms with Crippen molar-refractivity contribution in [1.29, 1.82) is 0 Å². The van der Waals surface area contributed by atoms with E-state index in [0.717, 1.165) is 68.0 Å². The summed E-state index contributed by atoms with van der Waals surface area (Å²) < 4.78 is 8.20. The van der Waals surface area contributed by atoms with Gasteiger partial charge in [-0.05, 0) is 70.2 Å². The summed E-state index contributed by atoms with van der Waals surface area (Å²) in [5.74, 6) is 0.529. The number of likely N-dealkylation sites (tertiary alicyclic amines) is 1. The molecule has 5 heteroatoms. The number of carbonyl (C=O) groups excluding carboxylic acids is 1. The maximum Gasteiger partial charge on any atom is 0.255 e. The van der Waals surface area contributed by atoms with E-state index in [-0.39, 0.29) is 18.1 Å². The minimum absolute atomic E-state index is 0.141. The fourth-order valence-electron chi connectivity index (χ4n) is 5.00. The second-order valence-corrected chi connectivity index (χ2v) is 8.81. The molecule has 5 nitrogen and oxygen atoms in total. The Morgan fingerprint density at radius 3 is 2.76 bits per heavy atom. The van der Waals surface area contributed by atoms with Gasteiger partial charge in [0.25, 0.3) is 5.91 Å². The van der Waals surface area contributed by atoms with Crippen LogP contribution < -0.4 is 5.73 Å². The Morgan fingerprint density at radius 1 is 1.17 bits per heavy atom. The Labute approximate surface area is 173 Å². The summed E-state index contributed by atoms with van der Waals surface area (Å²) in [5.41, 5.74) is 11.4. The van der Waals surface area contributed by atoms with E-state index in [9.17, 15) is 4.79 Å². The van der Waals surface area contributed by atoms with Crippen molar-refractivity contribution >= 4 is 5.91 Å². The zero-order chi connectivity index (χ0) is 20.5. The number of nitrogens with two attached hydrogens (primary N) is 1. The first kappa shape index (κ1) is 20.2. The largest absolute Gasteiger partial charge is 0.378 e. The second-order valence-electron chi connectivity index (χ2n) is 8.81. The first-order chi connectivity index (χ1) is 13.9. The molecular formula is C24H33N3O2. The molecule has 0 spiro atoms. The zero-order valence-corrected chi connectivity index (χ0v) is 17.9. The maximum atomic E-state index is 13.4. The molecule has 29 heavy (non-hydrogen) atoms. The third kappa shape index (κ3) is 4.12. The summed E-state index contributed by atoms with van der Waals surface area (Å²) in [7, 11) is 0. The predicted molar refractivity (Wildman–Crippen MR) is 116 cm³/mol. The van der Waals surface area contributed by atoms with Crippen molar-refractivity contribution in [2.75, 3.05) is 19.7 Å². The van der Waals surface area contributed by atoms with Crippen LogP contribution >= 0.6 is 0 Å². The van der Waals surface area contributed by atoms with Crippen molar-refractivity contribution in [3.8, 4) is 5.69 Å². The van der Waals surface area contributed by atoms with Crippen LogP contribution in [0.2, 0.25) is 0 Å². The Hall–Kier alpha value is -2.11. The standard InChI is InChI=1S/C24H33N3O2/c1-16-6-4-8-21(12-16)27-17(2)13-22(18(27)3)24(28)26-10-5-7-19(15-26)23-14-20(25)9-11-29-23/h4,6,8,12-13,19-20,23H,5,7,9-11,14-15,25H2,1-3H3. The number of benzene rings is 1. The molecule has 2 saturated heterocycles. The molecule has 1 aromatic carbocycles. The molecule has 3 atom stereocenters. The van der Waals surface area contributed by atoms with Gasteiger partial charge in [0, 0.05) is 48.7 Å². The number of piperidine rings is 1. The van der Waals surface area contributed by atoms with E-state index in [1.807, 2.05) is 17.9 Å². The van der Waals surface area contributed by atoms with Crippen LogP contribution in [0.3, 0.4) is 0 Å². The van der Waals surface area contributed by atoms with Gasteiger partial charge in [0.05, 0.1) is 11.7 Å². The highest BCUT2D eigenvalue weighted by Gasteiger charge is 2.34. The Balaban J connectivity index is 1.54. The predicted octanol–water partition coefficient (Wildman–Crippen LogP) is 3.76. The molecule has 0 radical (unpaired) electrons. The summed E-state index contributed by atoms with van der Waals surface area (Å²) in [5, 5.41) is 0. The number of aromatic nitrogens is 1. The highest BCUT2D eigenvalue weighted by molar-refractivity contribution is 5.96. The van der Waals surface area contributed by atoms with Crippen LogP contribution in [0.15, 0.2) is 30.3 Å². The first-order valence-electron chi connectivity index (χ1n) is 10.9. The molecule has 4 rings (SSSR count). The van der Waals surface area contributed by atoms with Crippen molar-refractivity contribution in [3.63, 3.8) is 0 Å². The van der Waals surface area contributed by atoms with Crippen molar-refractivity contribution in [1.82, 2.24) is 9.47 Å². The molecular weight excluding hydrogens is 362 g/mol. The normalized spacial score (nSPS) is 25.2. The van der Waals surface area contributed by atoms with Crippen molar-refractivity contribution in [3.05, 3.63) is 52.8 Å². The summed E-state index contributed by atoms with van der Waals surface area (Å²) >= 11 is 0. The number of aryl methyl sites for hydroxylation is 2. The van der Waals surface area contributed by atoms with E-state index in [4.69, 9.17) is 10.5 Å². The van der Waals surface area contributed by atoms with E-state index >= 15 is 0 Å². The van der Waals surface area contributed by atoms with Gasteiger partial charge >= 0.3 is 0 Å². The van der Waals surface area contributed by atoms with Gasteiger partial charge in [0.2, 0.25) is 0 Å². The molecule has 2 aliphatic rings. The minimum atomic E-state index is 0.141. The van der Waals surface area contributed by atoms with Crippen molar-refractivity contribution in [2.45, 2.75) is 58.6 Å². The molecule has 0 bridgehead atoms. The third-order valence-electron chi connectivity index (χ3n) is 6.55. The van der Waals surface area contributed by atoms with E-state index in [0.29, 0.717) is 5.92 Å². The van der Waals surface area contributed by atoms with Crippen molar-refractivity contribution < 1.29 is 9.53 Å². The van der Waals surface area contributed by atoms with E-state index in [1.54, 1.807) is 0 Å². The molecule has 1 amide bonds. The highest BCUT2D eigenvalue weighted by atomic mass is 16.5. The summed E-state index contributed by atoms with van der Waals surface area (Å²) in [6.45, 7) is 8.55. The lowest BCUT2D eigenvalue weighted by molar-refractivity contribution is -0.0439. The van der Waals surface area contributed by atoms with Crippen LogP contribution in [0.1, 0.15) is 53.0 Å². The van der Waals surface area contributed by atoms with Gasteiger partial charge in [-0.15, -0.1) is 0 Å². The summed E-state index contributed by atoms with van der Waals surface area (Å²) in [4.78, 5) is 15.5. The number of nitrogens with zero attached hydrogens (tertiary/aromatic N) is 2. The molecule has 156 valence electrons. The Bertz CT molecular complexity index is 888. The number of amides is 1. The smallest absolute Gasteiger partial charge is 0.255 e. The molecule has 2 aromatic rings. The maximum absolute atomic E-state index is 13.4. The molecule has 2 fully saturated rings. The number of hydrogen-bond donors (Lipinski definition) is 1. The van der Waals surface area contributed by atoms with Crippen LogP contribution in [0.5, 0.6) is 0 Å². The van der Waals surface area contributed by atoms with E-state index in [2.05, 4.69) is 42.7 Å². The fraction of sp³-hybridized carbons (Fsp3) is 0.542. The van der Waals surface area contributed by atoms with Crippen LogP contribution in [-0.4, -0.2) is 47.2 Å². The zero-order valence-electron chi connectivity index (χ0n) is 17.9. The van der Waals surface area contributed by atoms with Crippen molar-refractivity contribution in [2.24, 2.45) is 11.7 Å². The van der Waals surface area contributed by atoms with Crippen LogP contribution in [0.25, 0.3) is 5.69 Å². The molecule has 3 heterocycles. The van der Waals surface area contributed by atoms with Gasteiger partial charge < -0.3 is 19.9 Å². The Morgan fingerprint density at radius 2 is 2.00 bits per heavy atom. The quantitative estimate of drug-likeness (QED) is 0.861. The number of hydrogen-bond acceptors (Lipinski definition) is 3. The third-order valence-corrected chi connectivity index (χ3v) is 6.55. The van der Waals surface area contributed by atoms with Crippen LogP contribution in [0, 0.1) is 26.7 Å². The fourth-order valence-corrected chi connectivity index (χ4v) is 5.00. The number of carbonyl (C=O) groups is 1. The van der Waals surface area contributed by atoms with E-state index in [1.165, 1.54) is 5.56 Å². The van der Waals surface area contributed by atoms with Gasteiger partial charge in [-0.3, -0.25) is 4.79 Å². The monoisotopic (exact) mass is 395 g/mol. The van der Waals surface area contributed by atoms with Gasteiger partial charge in [-0.25, -0.2) is 0 Å². The summed E-state index contributed by atoms with van der Waals surface area (Å²) in [6, 6.07) is 10.7. The Kier molecular flexibility index (Phi) is 5.79. The molecule has 1 aromatic heterocycles. The van der Waals surface area contributed by atoms with Gasteiger partial charge in [-0.2, -0.15) is 0 Å². The average molecular weight is 396 g/mol. The number of ether oxygens (including phenoxy) is 1. The highest BCUT2D eigenvalue weighted by Crippen LogP contribution is 2.29. The van der Waals surface area contributed by atoms with Crippen LogP contribution in [0.4, 0.5) is 0 Å². The second kappa shape index (κ2) is 8.33. The molecule has 3 unspecified atom stereocenters. The lowest BCUT2D eigenvalue weighted by Gasteiger charge is -2.39. The lowest BCUT2D eigenvalue weighted by Crippen LogP contribution is -2.47. The van der Waals surface area contributed by atoms with Gasteiger partial charge in [-0.1, -0.05) is 12.1 Å². The molecule has 2 N–H and O–H groups in total. The molecule has 0 aliphatic carbocycles. The molecule has 0 saturated carbocycles. The first-order valence-corrected chi connectivity index (χ1v) is 10.9.